The Bertz CT molecular complexity index is 1600. The molecular formula is C25H18N4O5S2. The number of benzene rings is 3. The summed E-state index contributed by atoms with van der Waals surface area (Å²) in [7, 11) is 0. The lowest BCUT2D eigenvalue weighted by Crippen LogP contribution is -2.29. The number of carbonyl (C=O) groups excluding carboxylic acids is 3. The van der Waals surface area contributed by atoms with Gasteiger partial charge in [0.25, 0.3) is 17.5 Å². The molecule has 0 saturated heterocycles. The van der Waals surface area contributed by atoms with Crippen molar-refractivity contribution >= 4 is 68.1 Å². The van der Waals surface area contributed by atoms with Crippen LogP contribution < -0.4 is 10.2 Å². The van der Waals surface area contributed by atoms with Crippen LogP contribution in [0.3, 0.4) is 0 Å². The summed E-state index contributed by atoms with van der Waals surface area (Å²) in [5.74, 6) is -1.12. The summed E-state index contributed by atoms with van der Waals surface area (Å²) in [6, 6.07) is 14.4. The normalized spacial score (nSPS) is 12.8. The van der Waals surface area contributed by atoms with Gasteiger partial charge < -0.3 is 5.32 Å². The monoisotopic (exact) mass is 518 g/mol. The third-order valence-corrected chi connectivity index (χ3v) is 7.97. The van der Waals surface area contributed by atoms with Crippen molar-refractivity contribution in [3.63, 3.8) is 0 Å². The predicted molar refractivity (Wildman–Crippen MR) is 139 cm³/mol. The molecule has 2 heterocycles. The van der Waals surface area contributed by atoms with E-state index in [1.54, 1.807) is 18.2 Å². The predicted octanol–water partition coefficient (Wildman–Crippen LogP) is 5.35. The number of thiazole rings is 1. The average molecular weight is 519 g/mol. The number of nitrogens with one attached hydrogen (secondary N) is 1. The maximum absolute atomic E-state index is 12.9. The molecule has 4 aromatic rings. The van der Waals surface area contributed by atoms with Crippen LogP contribution in [0.2, 0.25) is 0 Å². The van der Waals surface area contributed by atoms with Crippen LogP contribution in [0.15, 0.2) is 58.9 Å². The van der Waals surface area contributed by atoms with E-state index in [1.165, 1.54) is 35.2 Å². The number of imide groups is 1. The molecule has 5 rings (SSSR count). The van der Waals surface area contributed by atoms with Crippen LogP contribution in [-0.4, -0.2) is 33.4 Å². The molecular weight excluding hydrogens is 500 g/mol. The summed E-state index contributed by atoms with van der Waals surface area (Å²) in [5.41, 5.74) is 3.89. The first-order valence-electron chi connectivity index (χ1n) is 10.8. The highest BCUT2D eigenvalue weighted by atomic mass is 32.2. The van der Waals surface area contributed by atoms with Gasteiger partial charge in [-0.05, 0) is 61.4 Å². The zero-order valence-electron chi connectivity index (χ0n) is 19.1. The molecule has 0 spiro atoms. The van der Waals surface area contributed by atoms with Crippen molar-refractivity contribution in [3.05, 3.63) is 87.0 Å². The molecule has 0 aliphatic carbocycles. The third kappa shape index (κ3) is 4.34. The number of rotatable bonds is 6. The first-order chi connectivity index (χ1) is 17.2. The van der Waals surface area contributed by atoms with E-state index >= 15 is 0 Å². The molecule has 180 valence electrons. The molecule has 1 aromatic heterocycles. The first-order valence-corrected chi connectivity index (χ1v) is 12.6. The number of thioether (sulfide) groups is 1. The number of fused-ring (bicyclic) bond motifs is 2. The number of non-ortho nitro benzene ring substituents is 1. The number of carbonyl (C=O) groups is 3. The van der Waals surface area contributed by atoms with Crippen molar-refractivity contribution in [2.24, 2.45) is 0 Å². The van der Waals surface area contributed by atoms with E-state index in [-0.39, 0.29) is 28.5 Å². The van der Waals surface area contributed by atoms with Crippen molar-refractivity contribution in [1.29, 1.82) is 0 Å². The Hall–Kier alpha value is -4.09. The number of nitro groups is 1. The van der Waals surface area contributed by atoms with Gasteiger partial charge in [0.15, 0.2) is 4.34 Å². The van der Waals surface area contributed by atoms with Crippen molar-refractivity contribution in [3.8, 4) is 0 Å². The van der Waals surface area contributed by atoms with E-state index < -0.39 is 16.7 Å². The van der Waals surface area contributed by atoms with E-state index in [0.29, 0.717) is 15.5 Å². The lowest BCUT2D eigenvalue weighted by molar-refractivity contribution is -0.384. The van der Waals surface area contributed by atoms with Gasteiger partial charge in [0, 0.05) is 17.8 Å². The van der Waals surface area contributed by atoms with Gasteiger partial charge in [0.1, 0.15) is 0 Å². The Labute approximate surface area is 213 Å². The Morgan fingerprint density at radius 1 is 1.03 bits per heavy atom. The van der Waals surface area contributed by atoms with Gasteiger partial charge in [-0.3, -0.25) is 24.5 Å². The van der Waals surface area contributed by atoms with Crippen molar-refractivity contribution in [1.82, 2.24) is 4.98 Å². The molecule has 1 aliphatic rings. The van der Waals surface area contributed by atoms with Gasteiger partial charge >= 0.3 is 0 Å². The number of nitro benzene ring substituents is 1. The second-order valence-electron chi connectivity index (χ2n) is 8.20. The summed E-state index contributed by atoms with van der Waals surface area (Å²) < 4.78 is 1.42. The summed E-state index contributed by atoms with van der Waals surface area (Å²) >= 11 is 2.65. The zero-order valence-corrected chi connectivity index (χ0v) is 20.7. The summed E-state index contributed by atoms with van der Waals surface area (Å²) in [6.45, 7) is 4.00. The highest BCUT2D eigenvalue weighted by Gasteiger charge is 2.38. The van der Waals surface area contributed by atoms with Crippen LogP contribution in [-0.2, 0) is 4.79 Å². The fourth-order valence-corrected chi connectivity index (χ4v) is 5.71. The van der Waals surface area contributed by atoms with Gasteiger partial charge in [-0.25, -0.2) is 9.88 Å². The van der Waals surface area contributed by atoms with Crippen molar-refractivity contribution in [2.45, 2.75) is 18.2 Å². The molecule has 0 bridgehead atoms. The molecule has 0 atom stereocenters. The van der Waals surface area contributed by atoms with Crippen LogP contribution in [0.25, 0.3) is 10.2 Å². The molecule has 1 N–H and O–H groups in total. The Morgan fingerprint density at radius 3 is 2.56 bits per heavy atom. The second-order valence-corrected chi connectivity index (χ2v) is 10.5. The van der Waals surface area contributed by atoms with Crippen molar-refractivity contribution < 1.29 is 19.3 Å². The number of amides is 3. The minimum absolute atomic E-state index is 0.00429. The maximum atomic E-state index is 12.9. The number of aryl methyl sites for hydroxylation is 2. The van der Waals surface area contributed by atoms with E-state index in [0.717, 1.165) is 32.5 Å². The Morgan fingerprint density at radius 2 is 1.81 bits per heavy atom. The maximum Gasteiger partial charge on any atom is 0.270 e. The highest BCUT2D eigenvalue weighted by Crippen LogP contribution is 2.35. The number of hydrogen-bond donors (Lipinski definition) is 1. The molecule has 0 radical (unpaired) electrons. The third-order valence-electron chi connectivity index (χ3n) is 5.81. The number of anilines is 2. The Balaban J connectivity index is 1.31. The molecule has 0 unspecified atom stereocenters. The molecule has 0 saturated carbocycles. The van der Waals surface area contributed by atoms with Gasteiger partial charge in [0.2, 0.25) is 5.91 Å². The summed E-state index contributed by atoms with van der Waals surface area (Å²) in [6.07, 6.45) is 0. The topological polar surface area (TPSA) is 123 Å². The quantitative estimate of drug-likeness (QED) is 0.158. The average Bonchev–Trinajstić information content (AvgIpc) is 3.37. The summed E-state index contributed by atoms with van der Waals surface area (Å²) in [5, 5.41) is 13.9. The smallest absolute Gasteiger partial charge is 0.270 e. The number of nitrogens with zero attached hydrogens (tertiary/aromatic N) is 3. The van der Waals surface area contributed by atoms with Gasteiger partial charge in [-0.2, -0.15) is 0 Å². The number of aromatic nitrogens is 1. The zero-order chi connectivity index (χ0) is 25.6. The molecule has 3 aromatic carbocycles. The highest BCUT2D eigenvalue weighted by molar-refractivity contribution is 8.01. The molecule has 36 heavy (non-hydrogen) atoms. The largest absolute Gasteiger partial charge is 0.325 e. The van der Waals surface area contributed by atoms with Crippen molar-refractivity contribution in [2.75, 3.05) is 16.0 Å². The molecule has 0 fully saturated rings. The van der Waals surface area contributed by atoms with E-state index in [4.69, 9.17) is 0 Å². The first kappa shape index (κ1) is 23.6. The fourth-order valence-electron chi connectivity index (χ4n) is 3.81. The standard InChI is InChI=1S/C25H18N4O5S2/c1-13-3-4-15(9-14(13)2)26-22(30)12-35-25-27-20-8-6-16(11-21(20)36-25)28-23(31)18-7-5-17(29(33)34)10-19(18)24(28)32/h3-11H,12H2,1-2H3,(H,26,30). The molecule has 11 heteroatoms. The molecule has 9 nitrogen and oxygen atoms in total. The number of hydrogen-bond acceptors (Lipinski definition) is 8. The van der Waals surface area contributed by atoms with Crippen LogP contribution >= 0.6 is 23.1 Å². The van der Waals surface area contributed by atoms with Gasteiger partial charge in [-0.1, -0.05) is 17.8 Å². The molecule has 3 amide bonds. The Kier molecular flexibility index (Phi) is 6.02. The minimum Gasteiger partial charge on any atom is -0.325 e. The second kappa shape index (κ2) is 9.17. The molecule has 1 aliphatic heterocycles. The van der Waals surface area contributed by atoms with E-state index in [2.05, 4.69) is 10.3 Å². The minimum atomic E-state index is -0.611. The van der Waals surface area contributed by atoms with Crippen LogP contribution in [0.1, 0.15) is 31.8 Å². The van der Waals surface area contributed by atoms with E-state index in [9.17, 15) is 24.5 Å². The van der Waals surface area contributed by atoms with Crippen LogP contribution in [0, 0.1) is 24.0 Å². The lowest BCUT2D eigenvalue weighted by Gasteiger charge is -2.13. The van der Waals surface area contributed by atoms with Crippen LogP contribution in [0.4, 0.5) is 17.1 Å². The fraction of sp³-hybridized carbons (Fsp3) is 0.120. The van der Waals surface area contributed by atoms with Gasteiger partial charge in [0.05, 0.1) is 37.7 Å². The summed E-state index contributed by atoms with van der Waals surface area (Å²) in [4.78, 5) is 54.2. The lowest BCUT2D eigenvalue weighted by atomic mass is 10.1. The van der Waals surface area contributed by atoms with Crippen LogP contribution in [0.5, 0.6) is 0 Å². The van der Waals surface area contributed by atoms with E-state index in [1.807, 2.05) is 32.0 Å². The van der Waals surface area contributed by atoms with Gasteiger partial charge in [-0.15, -0.1) is 11.3 Å². The SMILES string of the molecule is Cc1ccc(NC(=O)CSc2nc3ccc(N4C(=O)c5ccc([N+](=O)[O-])cc5C4=O)cc3s2)cc1C.